The molecule has 1 aromatic heterocycles. The molecule has 0 bridgehead atoms. The van der Waals surface area contributed by atoms with E-state index in [1.54, 1.807) is 0 Å². The van der Waals surface area contributed by atoms with Gasteiger partial charge in [-0.2, -0.15) is 5.10 Å². The number of hydrogen-bond donors (Lipinski definition) is 1. The summed E-state index contributed by atoms with van der Waals surface area (Å²) in [5, 5.41) is 7.82. The standard InChI is InChI=1S/C15H21N3/c1-13(2)16-10-6-7-14-11-17-18(12-14)15-8-4-3-5-9-15/h3-5,8-9,11-13,16H,6-7,10H2,1-2H3. The van der Waals surface area contributed by atoms with Crippen molar-refractivity contribution < 1.29 is 0 Å². The molecule has 3 nitrogen and oxygen atoms in total. The summed E-state index contributed by atoms with van der Waals surface area (Å²) in [7, 11) is 0. The zero-order valence-electron chi connectivity index (χ0n) is 11.1. The van der Waals surface area contributed by atoms with Gasteiger partial charge in [-0.25, -0.2) is 4.68 Å². The molecular formula is C15H21N3. The van der Waals surface area contributed by atoms with E-state index < -0.39 is 0 Å². The molecule has 2 rings (SSSR count). The lowest BCUT2D eigenvalue weighted by molar-refractivity contribution is 0.570. The maximum Gasteiger partial charge on any atom is 0.0645 e. The molecule has 0 unspecified atom stereocenters. The van der Waals surface area contributed by atoms with E-state index in [0.29, 0.717) is 6.04 Å². The van der Waals surface area contributed by atoms with E-state index >= 15 is 0 Å². The molecule has 0 atom stereocenters. The number of nitrogens with zero attached hydrogens (tertiary/aromatic N) is 2. The van der Waals surface area contributed by atoms with Crippen LogP contribution in [0.1, 0.15) is 25.8 Å². The van der Waals surface area contributed by atoms with Crippen molar-refractivity contribution in [1.29, 1.82) is 0 Å². The number of aryl methyl sites for hydroxylation is 1. The third kappa shape index (κ3) is 3.70. The lowest BCUT2D eigenvalue weighted by Crippen LogP contribution is -2.23. The first kappa shape index (κ1) is 12.8. The molecule has 0 radical (unpaired) electrons. The fourth-order valence-electron chi connectivity index (χ4n) is 1.89. The van der Waals surface area contributed by atoms with Crippen molar-refractivity contribution in [3.05, 3.63) is 48.3 Å². The van der Waals surface area contributed by atoms with Gasteiger partial charge in [0.1, 0.15) is 0 Å². The first-order chi connectivity index (χ1) is 8.75. The van der Waals surface area contributed by atoms with Gasteiger partial charge in [-0.3, -0.25) is 0 Å². The average Bonchev–Trinajstić information content (AvgIpc) is 2.84. The molecule has 0 fully saturated rings. The van der Waals surface area contributed by atoms with Crippen molar-refractivity contribution >= 4 is 0 Å². The van der Waals surface area contributed by atoms with Gasteiger partial charge >= 0.3 is 0 Å². The lowest BCUT2D eigenvalue weighted by atomic mass is 10.2. The predicted octanol–water partition coefficient (Wildman–Crippen LogP) is 2.80. The van der Waals surface area contributed by atoms with Crippen LogP contribution in [0.4, 0.5) is 0 Å². The van der Waals surface area contributed by atoms with E-state index in [2.05, 4.69) is 42.6 Å². The van der Waals surface area contributed by atoms with E-state index in [9.17, 15) is 0 Å². The molecule has 1 aromatic carbocycles. The Morgan fingerprint density at radius 3 is 2.72 bits per heavy atom. The van der Waals surface area contributed by atoms with E-state index in [1.165, 1.54) is 5.56 Å². The van der Waals surface area contributed by atoms with Crippen molar-refractivity contribution in [3.63, 3.8) is 0 Å². The van der Waals surface area contributed by atoms with Gasteiger partial charge in [-0.1, -0.05) is 32.0 Å². The minimum Gasteiger partial charge on any atom is -0.315 e. The highest BCUT2D eigenvalue weighted by Gasteiger charge is 2.00. The molecule has 18 heavy (non-hydrogen) atoms. The van der Waals surface area contributed by atoms with Crippen molar-refractivity contribution in [2.75, 3.05) is 6.54 Å². The third-order valence-corrected chi connectivity index (χ3v) is 2.85. The summed E-state index contributed by atoms with van der Waals surface area (Å²) in [4.78, 5) is 0. The van der Waals surface area contributed by atoms with E-state index in [4.69, 9.17) is 0 Å². The summed E-state index contributed by atoms with van der Waals surface area (Å²) in [5.74, 6) is 0. The van der Waals surface area contributed by atoms with Crippen molar-refractivity contribution in [2.24, 2.45) is 0 Å². The van der Waals surface area contributed by atoms with Crippen LogP contribution in [0.5, 0.6) is 0 Å². The molecule has 0 aliphatic heterocycles. The predicted molar refractivity (Wildman–Crippen MR) is 75.0 cm³/mol. The average molecular weight is 243 g/mol. The number of benzene rings is 1. The highest BCUT2D eigenvalue weighted by atomic mass is 15.3. The van der Waals surface area contributed by atoms with Crippen molar-refractivity contribution in [3.8, 4) is 5.69 Å². The van der Waals surface area contributed by atoms with Gasteiger partial charge in [0.25, 0.3) is 0 Å². The smallest absolute Gasteiger partial charge is 0.0645 e. The van der Waals surface area contributed by atoms with Crippen molar-refractivity contribution in [1.82, 2.24) is 15.1 Å². The Kier molecular flexibility index (Phi) is 4.53. The first-order valence-corrected chi connectivity index (χ1v) is 6.58. The van der Waals surface area contributed by atoms with Crippen LogP contribution in [0, 0.1) is 0 Å². The SMILES string of the molecule is CC(C)NCCCc1cnn(-c2ccccc2)c1. The van der Waals surface area contributed by atoms with Crippen LogP contribution in [0.15, 0.2) is 42.7 Å². The Bertz CT molecular complexity index is 460. The molecule has 2 aromatic rings. The fourth-order valence-corrected chi connectivity index (χ4v) is 1.89. The largest absolute Gasteiger partial charge is 0.315 e. The van der Waals surface area contributed by atoms with Gasteiger partial charge in [-0.05, 0) is 37.1 Å². The molecule has 1 heterocycles. The second kappa shape index (κ2) is 6.36. The molecule has 0 saturated carbocycles. The van der Waals surface area contributed by atoms with Gasteiger partial charge in [-0.15, -0.1) is 0 Å². The zero-order valence-corrected chi connectivity index (χ0v) is 11.1. The molecule has 3 heteroatoms. The quantitative estimate of drug-likeness (QED) is 0.791. The van der Waals surface area contributed by atoms with Crippen LogP contribution in [0.2, 0.25) is 0 Å². The zero-order chi connectivity index (χ0) is 12.8. The monoisotopic (exact) mass is 243 g/mol. The molecule has 0 amide bonds. The molecule has 96 valence electrons. The summed E-state index contributed by atoms with van der Waals surface area (Å²) >= 11 is 0. The van der Waals surface area contributed by atoms with Crippen LogP contribution >= 0.6 is 0 Å². The fraction of sp³-hybridized carbons (Fsp3) is 0.400. The van der Waals surface area contributed by atoms with Crippen LogP contribution < -0.4 is 5.32 Å². The second-order valence-electron chi connectivity index (χ2n) is 4.84. The van der Waals surface area contributed by atoms with Crippen molar-refractivity contribution in [2.45, 2.75) is 32.7 Å². The second-order valence-corrected chi connectivity index (χ2v) is 4.84. The van der Waals surface area contributed by atoms with Gasteiger partial charge in [0.2, 0.25) is 0 Å². The Balaban J connectivity index is 1.87. The van der Waals surface area contributed by atoms with E-state index in [0.717, 1.165) is 25.1 Å². The number of hydrogen-bond acceptors (Lipinski definition) is 2. The van der Waals surface area contributed by atoms with Crippen LogP contribution in [-0.2, 0) is 6.42 Å². The molecule has 0 saturated heterocycles. The molecule has 0 aliphatic carbocycles. The first-order valence-electron chi connectivity index (χ1n) is 6.58. The topological polar surface area (TPSA) is 29.9 Å². The Hall–Kier alpha value is -1.61. The Labute approximate surface area is 109 Å². The summed E-state index contributed by atoms with van der Waals surface area (Å²) in [5.41, 5.74) is 2.41. The number of rotatable bonds is 6. The third-order valence-electron chi connectivity index (χ3n) is 2.85. The van der Waals surface area contributed by atoms with Gasteiger partial charge < -0.3 is 5.32 Å². The van der Waals surface area contributed by atoms with Crippen LogP contribution in [-0.4, -0.2) is 22.4 Å². The minimum absolute atomic E-state index is 0.567. The summed E-state index contributed by atoms with van der Waals surface area (Å²) in [6.07, 6.45) is 6.30. The van der Waals surface area contributed by atoms with Gasteiger partial charge in [0, 0.05) is 12.2 Å². The minimum atomic E-state index is 0.567. The number of nitrogens with one attached hydrogen (secondary N) is 1. The lowest BCUT2D eigenvalue weighted by Gasteiger charge is -2.06. The number of aromatic nitrogens is 2. The van der Waals surface area contributed by atoms with E-state index in [1.807, 2.05) is 29.1 Å². The highest BCUT2D eigenvalue weighted by Crippen LogP contribution is 2.08. The summed E-state index contributed by atoms with van der Waals surface area (Å²) in [6.45, 7) is 5.41. The maximum absolute atomic E-state index is 4.40. The van der Waals surface area contributed by atoms with Crippen LogP contribution in [0.3, 0.4) is 0 Å². The molecular weight excluding hydrogens is 222 g/mol. The highest BCUT2D eigenvalue weighted by molar-refractivity contribution is 5.30. The molecule has 0 spiro atoms. The maximum atomic E-state index is 4.40. The summed E-state index contributed by atoms with van der Waals surface area (Å²) in [6, 6.07) is 10.8. The Morgan fingerprint density at radius 2 is 2.00 bits per heavy atom. The summed E-state index contributed by atoms with van der Waals surface area (Å²) < 4.78 is 1.94. The normalized spacial score (nSPS) is 11.1. The van der Waals surface area contributed by atoms with Gasteiger partial charge in [0.15, 0.2) is 0 Å². The Morgan fingerprint density at radius 1 is 1.22 bits per heavy atom. The van der Waals surface area contributed by atoms with E-state index in [-0.39, 0.29) is 0 Å². The molecule has 1 N–H and O–H groups in total. The van der Waals surface area contributed by atoms with Crippen LogP contribution in [0.25, 0.3) is 5.69 Å². The molecule has 0 aliphatic rings. The number of para-hydroxylation sites is 1. The van der Waals surface area contributed by atoms with Gasteiger partial charge in [0.05, 0.1) is 11.9 Å².